The number of para-hydroxylation sites is 1. The summed E-state index contributed by atoms with van der Waals surface area (Å²) in [6.45, 7) is 5.64. The lowest BCUT2D eigenvalue weighted by atomic mass is 10.1. The maximum Gasteiger partial charge on any atom is 0.335 e. The average molecular weight is 380 g/mol. The van der Waals surface area contributed by atoms with Crippen molar-refractivity contribution in [1.82, 2.24) is 5.16 Å². The molecule has 7 heteroatoms. The fourth-order valence-corrected chi connectivity index (χ4v) is 2.72. The van der Waals surface area contributed by atoms with E-state index >= 15 is 0 Å². The minimum atomic E-state index is -1.06. The number of benzene rings is 2. The quantitative estimate of drug-likeness (QED) is 0.667. The Morgan fingerprint density at radius 3 is 2.57 bits per heavy atom. The summed E-state index contributed by atoms with van der Waals surface area (Å²) in [5.41, 5.74) is 3.21. The van der Waals surface area contributed by atoms with Crippen LogP contribution in [0.3, 0.4) is 0 Å². The van der Waals surface area contributed by atoms with E-state index in [2.05, 4.69) is 10.5 Å². The SMILES string of the molecule is Cc1ccc(C(=O)O)cc1NC(=O)c1ccccc1OCc1c(C)noc1C. The summed E-state index contributed by atoms with van der Waals surface area (Å²) in [6.07, 6.45) is 0. The number of carboxylic acids is 1. The zero-order chi connectivity index (χ0) is 20.3. The molecule has 0 unspecified atom stereocenters. The summed E-state index contributed by atoms with van der Waals surface area (Å²) in [4.78, 5) is 24.0. The fourth-order valence-electron chi connectivity index (χ4n) is 2.72. The van der Waals surface area contributed by atoms with Crippen LogP contribution < -0.4 is 10.1 Å². The van der Waals surface area contributed by atoms with Gasteiger partial charge in [-0.3, -0.25) is 4.79 Å². The standard InChI is InChI=1S/C21H20N2O5/c1-12-8-9-15(21(25)26)10-18(12)22-20(24)16-6-4-5-7-19(16)27-11-17-13(2)23-28-14(17)3/h4-10H,11H2,1-3H3,(H,22,24)(H,25,26). The molecule has 1 aromatic heterocycles. The number of nitrogens with one attached hydrogen (secondary N) is 1. The van der Waals surface area contributed by atoms with Crippen molar-refractivity contribution in [2.24, 2.45) is 0 Å². The zero-order valence-electron chi connectivity index (χ0n) is 15.8. The van der Waals surface area contributed by atoms with Crippen molar-refractivity contribution in [1.29, 1.82) is 0 Å². The number of anilines is 1. The van der Waals surface area contributed by atoms with Gasteiger partial charge in [-0.05, 0) is 50.6 Å². The highest BCUT2D eigenvalue weighted by atomic mass is 16.5. The van der Waals surface area contributed by atoms with Gasteiger partial charge in [-0.1, -0.05) is 23.4 Å². The van der Waals surface area contributed by atoms with E-state index < -0.39 is 5.97 Å². The predicted molar refractivity (Wildman–Crippen MR) is 103 cm³/mol. The second-order valence-corrected chi connectivity index (χ2v) is 6.38. The van der Waals surface area contributed by atoms with Crippen LogP contribution in [-0.2, 0) is 6.61 Å². The summed E-state index contributed by atoms with van der Waals surface area (Å²) in [5, 5.41) is 15.8. The summed E-state index contributed by atoms with van der Waals surface area (Å²) in [6, 6.07) is 11.4. The van der Waals surface area contributed by atoms with Crippen LogP contribution in [0.25, 0.3) is 0 Å². The lowest BCUT2D eigenvalue weighted by molar-refractivity contribution is 0.0696. The summed E-state index contributed by atoms with van der Waals surface area (Å²) in [5.74, 6) is -0.369. The zero-order valence-corrected chi connectivity index (χ0v) is 15.8. The Morgan fingerprint density at radius 1 is 1.14 bits per heavy atom. The average Bonchev–Trinajstić information content (AvgIpc) is 2.99. The minimum absolute atomic E-state index is 0.101. The number of amides is 1. The number of aryl methyl sites for hydroxylation is 3. The van der Waals surface area contributed by atoms with E-state index in [9.17, 15) is 9.59 Å². The van der Waals surface area contributed by atoms with Gasteiger partial charge in [-0.25, -0.2) is 4.79 Å². The Morgan fingerprint density at radius 2 is 1.89 bits per heavy atom. The predicted octanol–water partition coefficient (Wildman–Crippen LogP) is 4.13. The van der Waals surface area contributed by atoms with Crippen molar-refractivity contribution in [3.63, 3.8) is 0 Å². The first kappa shape index (κ1) is 19.2. The van der Waals surface area contributed by atoms with Crippen LogP contribution in [0.1, 0.15) is 43.3 Å². The summed E-state index contributed by atoms with van der Waals surface area (Å²) in [7, 11) is 0. The Kier molecular flexibility index (Phi) is 5.44. The molecule has 3 aromatic rings. The van der Waals surface area contributed by atoms with Crippen molar-refractivity contribution in [2.45, 2.75) is 27.4 Å². The number of hydrogen-bond acceptors (Lipinski definition) is 5. The van der Waals surface area contributed by atoms with E-state index in [0.29, 0.717) is 22.8 Å². The topological polar surface area (TPSA) is 102 Å². The van der Waals surface area contributed by atoms with Gasteiger partial charge in [0.2, 0.25) is 0 Å². The van der Waals surface area contributed by atoms with Gasteiger partial charge in [-0.2, -0.15) is 0 Å². The largest absolute Gasteiger partial charge is 0.488 e. The maximum absolute atomic E-state index is 12.8. The molecular weight excluding hydrogens is 360 g/mol. The smallest absolute Gasteiger partial charge is 0.335 e. The lowest BCUT2D eigenvalue weighted by Crippen LogP contribution is -2.15. The van der Waals surface area contributed by atoms with Gasteiger partial charge in [-0.15, -0.1) is 0 Å². The molecule has 1 amide bonds. The molecule has 0 bridgehead atoms. The van der Waals surface area contributed by atoms with Crippen molar-refractivity contribution in [3.05, 3.63) is 76.2 Å². The van der Waals surface area contributed by atoms with Crippen LogP contribution in [0, 0.1) is 20.8 Å². The van der Waals surface area contributed by atoms with Crippen molar-refractivity contribution < 1.29 is 24.0 Å². The highest BCUT2D eigenvalue weighted by Crippen LogP contribution is 2.24. The van der Waals surface area contributed by atoms with Crippen molar-refractivity contribution >= 4 is 17.6 Å². The van der Waals surface area contributed by atoms with Gasteiger partial charge >= 0.3 is 5.97 Å². The Balaban J connectivity index is 1.81. The van der Waals surface area contributed by atoms with Crippen LogP contribution in [-0.4, -0.2) is 22.1 Å². The third-order valence-electron chi connectivity index (χ3n) is 4.42. The van der Waals surface area contributed by atoms with E-state index in [-0.39, 0.29) is 18.1 Å². The number of aromatic carboxylic acids is 1. The molecule has 3 rings (SSSR count). The summed E-state index contributed by atoms with van der Waals surface area (Å²) >= 11 is 0. The molecular formula is C21H20N2O5. The molecule has 0 aliphatic rings. The second-order valence-electron chi connectivity index (χ2n) is 6.38. The normalized spacial score (nSPS) is 10.5. The number of carboxylic acid groups (broad SMARTS) is 1. The third kappa shape index (κ3) is 4.03. The summed E-state index contributed by atoms with van der Waals surface area (Å²) < 4.78 is 11.0. The van der Waals surface area contributed by atoms with Crippen LogP contribution in [0.4, 0.5) is 5.69 Å². The highest BCUT2D eigenvalue weighted by molar-refractivity contribution is 6.07. The molecule has 144 valence electrons. The fraction of sp³-hybridized carbons (Fsp3) is 0.190. The maximum atomic E-state index is 12.8. The second kappa shape index (κ2) is 7.96. The number of hydrogen-bond donors (Lipinski definition) is 2. The van der Waals surface area contributed by atoms with Crippen LogP contribution >= 0.6 is 0 Å². The molecule has 0 fully saturated rings. The Bertz CT molecular complexity index is 1020. The number of carbonyl (C=O) groups excluding carboxylic acids is 1. The Hall–Kier alpha value is -3.61. The van der Waals surface area contributed by atoms with Gasteiger partial charge < -0.3 is 19.7 Å². The number of carbonyl (C=O) groups is 2. The molecule has 2 aromatic carbocycles. The van der Waals surface area contributed by atoms with Gasteiger partial charge in [0.25, 0.3) is 5.91 Å². The molecule has 28 heavy (non-hydrogen) atoms. The van der Waals surface area contributed by atoms with E-state index in [1.54, 1.807) is 44.2 Å². The number of aromatic nitrogens is 1. The van der Waals surface area contributed by atoms with Gasteiger partial charge in [0.05, 0.1) is 22.4 Å². The highest BCUT2D eigenvalue weighted by Gasteiger charge is 2.16. The van der Waals surface area contributed by atoms with Crippen molar-refractivity contribution in [2.75, 3.05) is 5.32 Å². The lowest BCUT2D eigenvalue weighted by Gasteiger charge is -2.13. The van der Waals surface area contributed by atoms with E-state index in [4.69, 9.17) is 14.4 Å². The molecule has 0 aliphatic carbocycles. The van der Waals surface area contributed by atoms with Crippen LogP contribution in [0.5, 0.6) is 5.75 Å². The molecule has 2 N–H and O–H groups in total. The molecule has 0 atom stereocenters. The van der Waals surface area contributed by atoms with Crippen molar-refractivity contribution in [3.8, 4) is 5.75 Å². The first-order valence-electron chi connectivity index (χ1n) is 8.65. The molecule has 0 saturated heterocycles. The van der Waals surface area contributed by atoms with Gasteiger partial charge in [0.15, 0.2) is 0 Å². The van der Waals surface area contributed by atoms with E-state index in [1.807, 2.05) is 6.92 Å². The van der Waals surface area contributed by atoms with Gasteiger partial charge in [0.1, 0.15) is 18.1 Å². The number of nitrogens with zero attached hydrogens (tertiary/aromatic N) is 1. The Labute approximate surface area is 161 Å². The molecule has 0 saturated carbocycles. The molecule has 0 spiro atoms. The van der Waals surface area contributed by atoms with E-state index in [1.165, 1.54) is 12.1 Å². The first-order chi connectivity index (χ1) is 13.4. The molecule has 0 aliphatic heterocycles. The molecule has 0 radical (unpaired) electrons. The number of ether oxygens (including phenoxy) is 1. The molecule has 1 heterocycles. The number of rotatable bonds is 6. The minimum Gasteiger partial charge on any atom is -0.488 e. The monoisotopic (exact) mass is 380 g/mol. The van der Waals surface area contributed by atoms with Gasteiger partial charge in [0, 0.05) is 5.69 Å². The van der Waals surface area contributed by atoms with E-state index in [0.717, 1.165) is 16.8 Å². The first-order valence-corrected chi connectivity index (χ1v) is 8.65. The molecule has 7 nitrogen and oxygen atoms in total. The van der Waals surface area contributed by atoms with Crippen LogP contribution in [0.15, 0.2) is 47.0 Å². The van der Waals surface area contributed by atoms with Crippen LogP contribution in [0.2, 0.25) is 0 Å². The third-order valence-corrected chi connectivity index (χ3v) is 4.42.